The van der Waals surface area contributed by atoms with Crippen LogP contribution in [-0.4, -0.2) is 35.1 Å². The Morgan fingerprint density at radius 3 is 1.60 bits per heavy atom. The molecular formula is C11H17NO7S. The molecule has 20 heavy (non-hydrogen) atoms. The molecule has 0 aliphatic carbocycles. The predicted octanol–water partition coefficient (Wildman–Crippen LogP) is 1.34. The van der Waals surface area contributed by atoms with E-state index >= 15 is 0 Å². The molecule has 0 fully saturated rings. The summed E-state index contributed by atoms with van der Waals surface area (Å²) in [5, 5.41) is 15.8. The summed E-state index contributed by atoms with van der Waals surface area (Å²) in [5.74, 6) is -2.15. The molecule has 0 spiro atoms. The second-order valence-electron chi connectivity index (χ2n) is 3.58. The van der Waals surface area contributed by atoms with Crippen LogP contribution in [0.2, 0.25) is 0 Å². The Hall–Kier alpha value is -1.97. The van der Waals surface area contributed by atoms with Gasteiger partial charge in [-0.3, -0.25) is 14.1 Å². The average Bonchev–Trinajstić information content (AvgIpc) is 2.26. The van der Waals surface area contributed by atoms with Gasteiger partial charge in [-0.2, -0.15) is 8.42 Å². The van der Waals surface area contributed by atoms with Gasteiger partial charge in [0.05, 0.1) is 17.7 Å². The first-order valence-corrected chi connectivity index (χ1v) is 6.54. The second kappa shape index (κ2) is 9.02. The highest BCUT2D eigenvalue weighted by Crippen LogP contribution is 2.08. The van der Waals surface area contributed by atoms with E-state index in [9.17, 15) is 18.0 Å². The van der Waals surface area contributed by atoms with Crippen LogP contribution in [-0.2, 0) is 19.7 Å². The third-order valence-electron chi connectivity index (χ3n) is 1.87. The molecule has 1 rings (SSSR count). The molecule has 0 aliphatic rings. The monoisotopic (exact) mass is 307 g/mol. The molecule has 114 valence electrons. The Bertz CT molecular complexity index is 522. The van der Waals surface area contributed by atoms with Crippen LogP contribution in [0.4, 0.5) is 0 Å². The van der Waals surface area contributed by atoms with Crippen LogP contribution in [0.1, 0.15) is 18.4 Å². The zero-order valence-electron chi connectivity index (χ0n) is 10.8. The van der Waals surface area contributed by atoms with Crippen molar-refractivity contribution in [2.45, 2.75) is 24.7 Å². The lowest BCUT2D eigenvalue weighted by atomic mass is 10.2. The van der Waals surface area contributed by atoms with Gasteiger partial charge >= 0.3 is 11.9 Å². The van der Waals surface area contributed by atoms with E-state index in [1.54, 1.807) is 12.1 Å². The molecule has 0 saturated carbocycles. The molecule has 0 aromatic heterocycles. The fraction of sp³-hybridized carbons (Fsp3) is 0.273. The Labute approximate surface area is 116 Å². The minimum Gasteiger partial charge on any atom is -0.481 e. The highest BCUT2D eigenvalue weighted by Gasteiger charge is 2.06. The van der Waals surface area contributed by atoms with Crippen molar-refractivity contribution in [1.29, 1.82) is 0 Å². The summed E-state index contributed by atoms with van der Waals surface area (Å²) in [5.41, 5.74) is 0.956. The highest BCUT2D eigenvalue weighted by molar-refractivity contribution is 7.85. The van der Waals surface area contributed by atoms with E-state index < -0.39 is 22.1 Å². The van der Waals surface area contributed by atoms with Gasteiger partial charge in [-0.15, -0.1) is 0 Å². The molecule has 0 bridgehead atoms. The maximum absolute atomic E-state index is 10.5. The fourth-order valence-corrected chi connectivity index (χ4v) is 1.40. The molecular weight excluding hydrogens is 290 g/mol. The van der Waals surface area contributed by atoms with E-state index in [1.807, 2.05) is 6.92 Å². The second-order valence-corrected chi connectivity index (χ2v) is 5.00. The van der Waals surface area contributed by atoms with Crippen LogP contribution in [0.25, 0.3) is 0 Å². The first kappa shape index (κ1) is 20.3. The van der Waals surface area contributed by atoms with Crippen molar-refractivity contribution in [3.63, 3.8) is 0 Å². The van der Waals surface area contributed by atoms with Crippen LogP contribution in [0.15, 0.2) is 29.2 Å². The van der Waals surface area contributed by atoms with Gasteiger partial charge in [-0.05, 0) is 19.1 Å². The van der Waals surface area contributed by atoms with Crippen LogP contribution in [0.5, 0.6) is 0 Å². The van der Waals surface area contributed by atoms with Crippen LogP contribution in [0, 0.1) is 6.92 Å². The SMILES string of the molecule is Cc1ccc(S(=O)(=O)O)cc1.N.O=C(O)CCC(=O)O. The van der Waals surface area contributed by atoms with E-state index in [2.05, 4.69) is 0 Å². The summed E-state index contributed by atoms with van der Waals surface area (Å²) in [6, 6.07) is 5.99. The maximum atomic E-state index is 10.5. The van der Waals surface area contributed by atoms with E-state index in [-0.39, 0.29) is 23.9 Å². The van der Waals surface area contributed by atoms with Crippen LogP contribution >= 0.6 is 0 Å². The lowest BCUT2D eigenvalue weighted by Gasteiger charge is -1.95. The Morgan fingerprint density at radius 2 is 1.35 bits per heavy atom. The van der Waals surface area contributed by atoms with Crippen LogP contribution in [0.3, 0.4) is 0 Å². The van der Waals surface area contributed by atoms with E-state index in [0.717, 1.165) is 5.56 Å². The Morgan fingerprint density at radius 1 is 1.00 bits per heavy atom. The molecule has 8 nitrogen and oxygen atoms in total. The number of carboxylic acids is 2. The summed E-state index contributed by atoms with van der Waals surface area (Å²) >= 11 is 0. The number of aryl methyl sites for hydroxylation is 1. The quantitative estimate of drug-likeness (QED) is 0.605. The van der Waals surface area contributed by atoms with Gasteiger partial charge < -0.3 is 16.4 Å². The van der Waals surface area contributed by atoms with Crippen molar-refractivity contribution in [3.05, 3.63) is 29.8 Å². The molecule has 0 unspecified atom stereocenters. The van der Waals surface area contributed by atoms with E-state index in [0.29, 0.717) is 0 Å². The number of hydrogen-bond acceptors (Lipinski definition) is 5. The van der Waals surface area contributed by atoms with Crippen molar-refractivity contribution in [2.24, 2.45) is 0 Å². The first-order chi connectivity index (χ1) is 8.62. The molecule has 1 aromatic carbocycles. The molecule has 9 heteroatoms. The Balaban J connectivity index is 0. The number of carboxylic acid groups (broad SMARTS) is 2. The van der Waals surface area contributed by atoms with Crippen molar-refractivity contribution in [3.8, 4) is 0 Å². The molecule has 0 aliphatic heterocycles. The third-order valence-corrected chi connectivity index (χ3v) is 2.74. The number of carbonyl (C=O) groups is 2. The maximum Gasteiger partial charge on any atom is 0.303 e. The lowest BCUT2D eigenvalue weighted by Crippen LogP contribution is -2.00. The van der Waals surface area contributed by atoms with E-state index in [1.165, 1.54) is 12.1 Å². The number of aliphatic carboxylic acids is 2. The number of hydrogen-bond donors (Lipinski definition) is 4. The summed E-state index contributed by atoms with van der Waals surface area (Å²) < 4.78 is 29.6. The average molecular weight is 307 g/mol. The van der Waals surface area contributed by atoms with E-state index in [4.69, 9.17) is 14.8 Å². The minimum absolute atomic E-state index is 0. The van der Waals surface area contributed by atoms with Gasteiger partial charge in [0.15, 0.2) is 0 Å². The van der Waals surface area contributed by atoms with Gasteiger partial charge in [0.25, 0.3) is 10.1 Å². The molecule has 0 saturated heterocycles. The molecule has 0 atom stereocenters. The molecule has 0 heterocycles. The molecule has 6 N–H and O–H groups in total. The largest absolute Gasteiger partial charge is 0.481 e. The van der Waals surface area contributed by atoms with Gasteiger partial charge in [0.2, 0.25) is 0 Å². The summed E-state index contributed by atoms with van der Waals surface area (Å²) in [7, 11) is -4.02. The highest BCUT2D eigenvalue weighted by atomic mass is 32.2. The van der Waals surface area contributed by atoms with Gasteiger partial charge in [0, 0.05) is 0 Å². The van der Waals surface area contributed by atoms with Crippen molar-refractivity contribution in [1.82, 2.24) is 6.15 Å². The standard InChI is InChI=1S/C7H8O3S.C4H6O4.H3N/c1-6-2-4-7(5-3-6)11(8,9)10;5-3(6)1-2-4(7)8;/h2-5H,1H3,(H,8,9,10);1-2H2,(H,5,6)(H,7,8);1H3. The van der Waals surface area contributed by atoms with Gasteiger partial charge in [0.1, 0.15) is 0 Å². The summed E-state index contributed by atoms with van der Waals surface area (Å²) in [6.45, 7) is 1.84. The molecule has 0 amide bonds. The fourth-order valence-electron chi connectivity index (χ4n) is 0.924. The van der Waals surface area contributed by atoms with Gasteiger partial charge in [-0.1, -0.05) is 17.7 Å². The number of rotatable bonds is 4. The summed E-state index contributed by atoms with van der Waals surface area (Å²) in [4.78, 5) is 19.2. The topological polar surface area (TPSA) is 164 Å². The zero-order valence-corrected chi connectivity index (χ0v) is 11.6. The predicted molar refractivity (Wildman–Crippen MR) is 70.5 cm³/mol. The van der Waals surface area contributed by atoms with Crippen molar-refractivity contribution in [2.75, 3.05) is 0 Å². The summed E-state index contributed by atoms with van der Waals surface area (Å²) in [6.07, 6.45) is -0.593. The zero-order chi connectivity index (χ0) is 15.1. The third kappa shape index (κ3) is 10.00. The molecule has 1 aromatic rings. The normalized spacial score (nSPS) is 9.70. The van der Waals surface area contributed by atoms with Gasteiger partial charge in [-0.25, -0.2) is 0 Å². The first-order valence-electron chi connectivity index (χ1n) is 5.10. The minimum atomic E-state index is -4.02. The lowest BCUT2D eigenvalue weighted by molar-refractivity contribution is -0.143. The van der Waals surface area contributed by atoms with Crippen molar-refractivity contribution >= 4 is 22.1 Å². The molecule has 0 radical (unpaired) electrons. The number of benzene rings is 1. The Kier molecular flexibility index (Phi) is 9.17. The van der Waals surface area contributed by atoms with Crippen LogP contribution < -0.4 is 6.15 Å². The smallest absolute Gasteiger partial charge is 0.303 e. The van der Waals surface area contributed by atoms with Crippen molar-refractivity contribution < 1.29 is 32.8 Å².